The van der Waals surface area contributed by atoms with Gasteiger partial charge in [-0.05, 0) is 40.0 Å². The number of hydrogen-bond donors (Lipinski definition) is 0. The topological polar surface area (TPSA) is 73.8 Å². The Labute approximate surface area is 143 Å². The second kappa shape index (κ2) is 8.28. The molecule has 1 aliphatic heterocycles. The lowest BCUT2D eigenvalue weighted by molar-refractivity contribution is -0.0105. The van der Waals surface area contributed by atoms with Gasteiger partial charge in [-0.2, -0.15) is 0 Å². The Morgan fingerprint density at radius 3 is 2.75 bits per heavy atom. The number of amides is 1. The van der Waals surface area contributed by atoms with Gasteiger partial charge in [0.05, 0.1) is 26.4 Å². The standard InChI is InChI=1S/C17H27N3O4/c1-17(2,3)24-16(21)20-10-6-5-7-13(20)11-23-12-14-15(22-4)19-9-8-18-14/h8-9,13H,5-7,10-12H2,1-4H3/t13-/m0/s1. The van der Waals surface area contributed by atoms with E-state index in [1.165, 1.54) is 0 Å². The molecule has 1 aliphatic rings. The zero-order valence-corrected chi connectivity index (χ0v) is 14.9. The second-order valence-corrected chi connectivity index (χ2v) is 6.85. The number of carbonyl (C=O) groups excluding carboxylic acids is 1. The number of aromatic nitrogens is 2. The Morgan fingerprint density at radius 1 is 1.29 bits per heavy atom. The van der Waals surface area contributed by atoms with E-state index >= 15 is 0 Å². The minimum absolute atomic E-state index is 0.0243. The maximum absolute atomic E-state index is 12.4. The van der Waals surface area contributed by atoms with Gasteiger partial charge in [0.15, 0.2) is 0 Å². The van der Waals surface area contributed by atoms with Crippen molar-refractivity contribution in [3.63, 3.8) is 0 Å². The lowest BCUT2D eigenvalue weighted by Crippen LogP contribution is -2.48. The number of nitrogens with zero attached hydrogens (tertiary/aromatic N) is 3. The number of carbonyl (C=O) groups is 1. The summed E-state index contributed by atoms with van der Waals surface area (Å²) in [7, 11) is 1.55. The molecule has 7 heteroatoms. The third-order valence-corrected chi connectivity index (χ3v) is 3.73. The fraction of sp³-hybridized carbons (Fsp3) is 0.706. The van der Waals surface area contributed by atoms with Crippen LogP contribution in [0.4, 0.5) is 4.79 Å². The summed E-state index contributed by atoms with van der Waals surface area (Å²) in [4.78, 5) is 22.5. The van der Waals surface area contributed by atoms with Crippen LogP contribution in [0.25, 0.3) is 0 Å². The molecule has 1 fully saturated rings. The molecule has 1 aromatic rings. The SMILES string of the molecule is COc1nccnc1COC[C@@H]1CCCCN1C(=O)OC(C)(C)C. The molecule has 7 nitrogen and oxygen atoms in total. The smallest absolute Gasteiger partial charge is 0.410 e. The van der Waals surface area contributed by atoms with Gasteiger partial charge in [-0.1, -0.05) is 0 Å². The summed E-state index contributed by atoms with van der Waals surface area (Å²) in [6, 6.07) is 0.0243. The van der Waals surface area contributed by atoms with E-state index in [-0.39, 0.29) is 12.1 Å². The van der Waals surface area contributed by atoms with E-state index in [0.717, 1.165) is 19.3 Å². The van der Waals surface area contributed by atoms with Gasteiger partial charge in [0.1, 0.15) is 11.3 Å². The molecule has 0 N–H and O–H groups in total. The summed E-state index contributed by atoms with van der Waals surface area (Å²) in [6.07, 6.45) is 5.91. The van der Waals surface area contributed by atoms with Crippen LogP contribution < -0.4 is 4.74 Å². The largest absolute Gasteiger partial charge is 0.480 e. The van der Waals surface area contributed by atoms with Crippen molar-refractivity contribution in [3.8, 4) is 5.88 Å². The molecule has 0 radical (unpaired) electrons. The van der Waals surface area contributed by atoms with Gasteiger partial charge < -0.3 is 19.1 Å². The Kier molecular flexibility index (Phi) is 6.36. The van der Waals surface area contributed by atoms with Crippen molar-refractivity contribution in [2.75, 3.05) is 20.3 Å². The van der Waals surface area contributed by atoms with Crippen LogP contribution in [0.15, 0.2) is 12.4 Å². The molecule has 0 unspecified atom stereocenters. The van der Waals surface area contributed by atoms with Crippen LogP contribution in [0.2, 0.25) is 0 Å². The first-order chi connectivity index (χ1) is 11.4. The molecule has 0 bridgehead atoms. The zero-order valence-electron chi connectivity index (χ0n) is 14.9. The molecule has 2 heterocycles. The van der Waals surface area contributed by atoms with Gasteiger partial charge in [0.25, 0.3) is 0 Å². The second-order valence-electron chi connectivity index (χ2n) is 6.85. The summed E-state index contributed by atoms with van der Waals surface area (Å²) in [5, 5.41) is 0. The predicted molar refractivity (Wildman–Crippen MR) is 88.8 cm³/mol. The molecule has 1 aromatic heterocycles. The summed E-state index contributed by atoms with van der Waals surface area (Å²) < 4.78 is 16.4. The Bertz CT molecular complexity index is 545. The third-order valence-electron chi connectivity index (χ3n) is 3.73. The van der Waals surface area contributed by atoms with Crippen LogP contribution in [0, 0.1) is 0 Å². The average Bonchev–Trinajstić information content (AvgIpc) is 2.54. The molecule has 0 aliphatic carbocycles. The van der Waals surface area contributed by atoms with Crippen LogP contribution in [0.3, 0.4) is 0 Å². The van der Waals surface area contributed by atoms with Crippen molar-refractivity contribution in [1.29, 1.82) is 0 Å². The van der Waals surface area contributed by atoms with Crippen LogP contribution in [0.1, 0.15) is 45.7 Å². The van der Waals surface area contributed by atoms with Gasteiger partial charge in [0, 0.05) is 18.9 Å². The van der Waals surface area contributed by atoms with Crippen LogP contribution in [-0.2, 0) is 16.1 Å². The first-order valence-corrected chi connectivity index (χ1v) is 8.32. The molecule has 0 spiro atoms. The fourth-order valence-electron chi connectivity index (χ4n) is 2.65. The van der Waals surface area contributed by atoms with Crippen molar-refractivity contribution in [1.82, 2.24) is 14.9 Å². The average molecular weight is 337 g/mol. The maximum atomic E-state index is 12.4. The van der Waals surface area contributed by atoms with Crippen LogP contribution in [0.5, 0.6) is 5.88 Å². The van der Waals surface area contributed by atoms with Crippen molar-refractivity contribution < 1.29 is 19.0 Å². The molecule has 24 heavy (non-hydrogen) atoms. The Hall–Kier alpha value is -1.89. The lowest BCUT2D eigenvalue weighted by Gasteiger charge is -2.36. The summed E-state index contributed by atoms with van der Waals surface area (Å²) in [5.74, 6) is 0.463. The monoisotopic (exact) mass is 337 g/mol. The minimum atomic E-state index is -0.493. The first-order valence-electron chi connectivity index (χ1n) is 8.32. The summed E-state index contributed by atoms with van der Waals surface area (Å²) in [5.41, 5.74) is 0.159. The molecule has 134 valence electrons. The predicted octanol–water partition coefficient (Wildman–Crippen LogP) is 2.79. The number of methoxy groups -OCH3 is 1. The summed E-state index contributed by atoms with van der Waals surface area (Å²) >= 11 is 0. The minimum Gasteiger partial charge on any atom is -0.480 e. The fourth-order valence-corrected chi connectivity index (χ4v) is 2.65. The lowest BCUT2D eigenvalue weighted by atomic mass is 10.0. The van der Waals surface area contributed by atoms with Gasteiger partial charge in [-0.25, -0.2) is 9.78 Å². The molecule has 1 atom stereocenters. The van der Waals surface area contributed by atoms with Crippen molar-refractivity contribution in [2.24, 2.45) is 0 Å². The number of rotatable bonds is 5. The van der Waals surface area contributed by atoms with E-state index in [0.29, 0.717) is 31.3 Å². The number of piperidine rings is 1. The molecule has 0 aromatic carbocycles. The first kappa shape index (κ1) is 18.4. The van der Waals surface area contributed by atoms with E-state index in [4.69, 9.17) is 14.2 Å². The molecule has 2 rings (SSSR count). The summed E-state index contributed by atoms with van der Waals surface area (Å²) in [6.45, 7) is 7.08. The molecular formula is C17H27N3O4. The molecular weight excluding hydrogens is 310 g/mol. The zero-order chi connectivity index (χ0) is 17.6. The van der Waals surface area contributed by atoms with Gasteiger partial charge in [-0.3, -0.25) is 4.98 Å². The van der Waals surface area contributed by atoms with E-state index in [2.05, 4.69) is 9.97 Å². The Balaban J connectivity index is 1.90. The molecule has 1 saturated heterocycles. The van der Waals surface area contributed by atoms with E-state index in [1.54, 1.807) is 24.4 Å². The quantitative estimate of drug-likeness (QED) is 0.822. The van der Waals surface area contributed by atoms with Crippen molar-refractivity contribution in [3.05, 3.63) is 18.1 Å². The van der Waals surface area contributed by atoms with E-state index < -0.39 is 5.60 Å². The number of likely N-dealkylation sites (tertiary alicyclic amines) is 1. The van der Waals surface area contributed by atoms with Gasteiger partial charge in [0.2, 0.25) is 5.88 Å². The maximum Gasteiger partial charge on any atom is 0.410 e. The van der Waals surface area contributed by atoms with E-state index in [1.807, 2.05) is 20.8 Å². The highest BCUT2D eigenvalue weighted by molar-refractivity contribution is 5.68. The van der Waals surface area contributed by atoms with Gasteiger partial charge in [-0.15, -0.1) is 0 Å². The van der Waals surface area contributed by atoms with Gasteiger partial charge >= 0.3 is 6.09 Å². The highest BCUT2D eigenvalue weighted by atomic mass is 16.6. The normalized spacial score (nSPS) is 18.3. The van der Waals surface area contributed by atoms with Crippen LogP contribution in [-0.4, -0.2) is 52.9 Å². The van der Waals surface area contributed by atoms with Crippen molar-refractivity contribution >= 4 is 6.09 Å². The third kappa shape index (κ3) is 5.33. The molecule has 0 saturated carbocycles. The van der Waals surface area contributed by atoms with Crippen molar-refractivity contribution in [2.45, 2.75) is 58.3 Å². The number of hydrogen-bond acceptors (Lipinski definition) is 6. The number of ether oxygens (including phenoxy) is 3. The highest BCUT2D eigenvalue weighted by Gasteiger charge is 2.30. The highest BCUT2D eigenvalue weighted by Crippen LogP contribution is 2.21. The van der Waals surface area contributed by atoms with E-state index in [9.17, 15) is 4.79 Å². The molecule has 1 amide bonds. The Morgan fingerprint density at radius 2 is 2.04 bits per heavy atom. The van der Waals surface area contributed by atoms with Crippen LogP contribution >= 0.6 is 0 Å².